The number of carbonyl (C=O) groups excluding carboxylic acids is 1. The van der Waals surface area contributed by atoms with E-state index in [-0.39, 0.29) is 11.9 Å². The SMILES string of the molecule is CC(NC(=O)c1ccc(OCC2CC2)cc1)c1nnnn1C1CC1. The van der Waals surface area contributed by atoms with Crippen molar-refractivity contribution in [3.8, 4) is 5.75 Å². The van der Waals surface area contributed by atoms with Crippen molar-refractivity contribution in [1.29, 1.82) is 0 Å². The Morgan fingerprint density at radius 3 is 2.71 bits per heavy atom. The molecule has 2 aliphatic carbocycles. The average molecular weight is 327 g/mol. The van der Waals surface area contributed by atoms with Crippen LogP contribution in [0.2, 0.25) is 0 Å². The monoisotopic (exact) mass is 327 g/mol. The van der Waals surface area contributed by atoms with E-state index >= 15 is 0 Å². The van der Waals surface area contributed by atoms with E-state index in [4.69, 9.17) is 4.74 Å². The van der Waals surface area contributed by atoms with E-state index in [9.17, 15) is 4.79 Å². The standard InChI is InChI=1S/C17H21N5O2/c1-11(16-19-20-21-22(16)14-6-7-14)18-17(23)13-4-8-15(9-5-13)24-10-12-2-3-12/h4-5,8-9,11-12,14H,2-3,6-7,10H2,1H3,(H,18,23). The van der Waals surface area contributed by atoms with Gasteiger partial charge in [0, 0.05) is 5.56 Å². The van der Waals surface area contributed by atoms with Gasteiger partial charge in [-0.1, -0.05) is 0 Å². The quantitative estimate of drug-likeness (QED) is 0.844. The fraction of sp³-hybridized carbons (Fsp3) is 0.529. The summed E-state index contributed by atoms with van der Waals surface area (Å²) < 4.78 is 7.51. The van der Waals surface area contributed by atoms with Gasteiger partial charge in [0.15, 0.2) is 5.82 Å². The van der Waals surface area contributed by atoms with E-state index < -0.39 is 0 Å². The molecule has 1 amide bonds. The number of nitrogens with zero attached hydrogens (tertiary/aromatic N) is 4. The smallest absolute Gasteiger partial charge is 0.251 e. The molecule has 0 spiro atoms. The highest BCUT2D eigenvalue weighted by atomic mass is 16.5. The Hall–Kier alpha value is -2.44. The molecule has 7 nitrogen and oxygen atoms in total. The number of aromatic nitrogens is 4. The lowest BCUT2D eigenvalue weighted by Gasteiger charge is -2.13. The lowest BCUT2D eigenvalue weighted by atomic mass is 10.2. The highest BCUT2D eigenvalue weighted by Gasteiger charge is 2.30. The fourth-order valence-corrected chi connectivity index (χ4v) is 2.61. The van der Waals surface area contributed by atoms with Crippen LogP contribution in [-0.2, 0) is 0 Å². The number of rotatable bonds is 7. The molecule has 1 unspecified atom stereocenters. The number of amides is 1. The van der Waals surface area contributed by atoms with Crippen LogP contribution >= 0.6 is 0 Å². The van der Waals surface area contributed by atoms with Crippen LogP contribution in [0.25, 0.3) is 0 Å². The molecule has 126 valence electrons. The summed E-state index contributed by atoms with van der Waals surface area (Å²) in [7, 11) is 0. The lowest BCUT2D eigenvalue weighted by Crippen LogP contribution is -2.28. The topological polar surface area (TPSA) is 81.9 Å². The van der Waals surface area contributed by atoms with Crippen LogP contribution in [0.3, 0.4) is 0 Å². The van der Waals surface area contributed by atoms with Gasteiger partial charge in [-0.25, -0.2) is 4.68 Å². The molecule has 0 saturated heterocycles. The van der Waals surface area contributed by atoms with Crippen LogP contribution in [0.4, 0.5) is 0 Å². The highest BCUT2D eigenvalue weighted by molar-refractivity contribution is 5.94. The molecule has 0 bridgehead atoms. The van der Waals surface area contributed by atoms with Gasteiger partial charge in [-0.15, -0.1) is 5.10 Å². The number of tetrazole rings is 1. The predicted octanol–water partition coefficient (Wildman–Crippen LogP) is 2.29. The van der Waals surface area contributed by atoms with Crippen molar-refractivity contribution < 1.29 is 9.53 Å². The van der Waals surface area contributed by atoms with E-state index in [1.807, 2.05) is 23.7 Å². The van der Waals surface area contributed by atoms with Crippen molar-refractivity contribution in [3.05, 3.63) is 35.7 Å². The fourth-order valence-electron chi connectivity index (χ4n) is 2.61. The van der Waals surface area contributed by atoms with Gasteiger partial charge in [-0.05, 0) is 73.2 Å². The van der Waals surface area contributed by atoms with Crippen molar-refractivity contribution in [1.82, 2.24) is 25.5 Å². The van der Waals surface area contributed by atoms with E-state index in [1.165, 1.54) is 12.8 Å². The summed E-state index contributed by atoms with van der Waals surface area (Å²) in [5.74, 6) is 2.09. The Kier molecular flexibility index (Phi) is 3.92. The second-order valence-electron chi connectivity index (χ2n) is 6.69. The lowest BCUT2D eigenvalue weighted by molar-refractivity contribution is 0.0937. The zero-order valence-electron chi connectivity index (χ0n) is 13.7. The molecule has 2 fully saturated rings. The normalized spacial score (nSPS) is 18.2. The number of hydrogen-bond acceptors (Lipinski definition) is 5. The van der Waals surface area contributed by atoms with Crippen molar-refractivity contribution in [2.24, 2.45) is 5.92 Å². The molecule has 7 heteroatoms. The molecular weight excluding hydrogens is 306 g/mol. The molecule has 1 aromatic carbocycles. The Morgan fingerprint density at radius 2 is 2.04 bits per heavy atom. The second-order valence-corrected chi connectivity index (χ2v) is 6.69. The van der Waals surface area contributed by atoms with Crippen molar-refractivity contribution in [2.75, 3.05) is 6.61 Å². The predicted molar refractivity (Wildman–Crippen MR) is 86.6 cm³/mol. The van der Waals surface area contributed by atoms with Crippen LogP contribution in [0.15, 0.2) is 24.3 Å². The van der Waals surface area contributed by atoms with Crippen LogP contribution in [0, 0.1) is 5.92 Å². The van der Waals surface area contributed by atoms with Crippen LogP contribution in [-0.4, -0.2) is 32.7 Å². The summed E-state index contributed by atoms with van der Waals surface area (Å²) in [6.07, 6.45) is 4.72. The number of benzene rings is 1. The van der Waals surface area contributed by atoms with Gasteiger partial charge >= 0.3 is 0 Å². The molecule has 2 aromatic rings. The first-order chi connectivity index (χ1) is 11.7. The highest BCUT2D eigenvalue weighted by Crippen LogP contribution is 2.35. The molecule has 24 heavy (non-hydrogen) atoms. The maximum Gasteiger partial charge on any atom is 0.251 e. The largest absolute Gasteiger partial charge is 0.493 e. The van der Waals surface area contributed by atoms with Gasteiger partial charge < -0.3 is 10.1 Å². The first-order valence-electron chi connectivity index (χ1n) is 8.52. The maximum atomic E-state index is 12.4. The molecule has 2 aliphatic rings. The Bertz CT molecular complexity index is 719. The van der Waals surface area contributed by atoms with Crippen molar-refractivity contribution in [3.63, 3.8) is 0 Å². The van der Waals surface area contributed by atoms with E-state index in [0.717, 1.165) is 25.2 Å². The molecule has 0 aliphatic heterocycles. The Morgan fingerprint density at radius 1 is 1.29 bits per heavy atom. The third-order valence-electron chi connectivity index (χ3n) is 4.45. The van der Waals surface area contributed by atoms with Gasteiger partial charge in [0.1, 0.15) is 5.75 Å². The molecule has 0 radical (unpaired) electrons. The van der Waals surface area contributed by atoms with Gasteiger partial charge in [-0.2, -0.15) is 0 Å². The van der Waals surface area contributed by atoms with Crippen molar-refractivity contribution >= 4 is 5.91 Å². The molecule has 2 saturated carbocycles. The summed E-state index contributed by atoms with van der Waals surface area (Å²) in [6.45, 7) is 2.67. The molecule has 1 atom stereocenters. The first-order valence-corrected chi connectivity index (χ1v) is 8.52. The summed E-state index contributed by atoms with van der Waals surface area (Å²) in [6, 6.07) is 7.41. The molecule has 4 rings (SSSR count). The van der Waals surface area contributed by atoms with Crippen molar-refractivity contribution in [2.45, 2.75) is 44.7 Å². The maximum absolute atomic E-state index is 12.4. The molecule has 1 N–H and O–H groups in total. The molecule has 1 aromatic heterocycles. The number of ether oxygens (including phenoxy) is 1. The summed E-state index contributed by atoms with van der Waals surface area (Å²) in [5.41, 5.74) is 0.603. The average Bonchev–Trinajstić information content (AvgIpc) is 3.53. The zero-order valence-corrected chi connectivity index (χ0v) is 13.7. The zero-order chi connectivity index (χ0) is 16.5. The van der Waals surface area contributed by atoms with E-state index in [0.29, 0.717) is 23.3 Å². The number of hydrogen-bond donors (Lipinski definition) is 1. The Labute approximate surface area is 140 Å². The summed E-state index contributed by atoms with van der Waals surface area (Å²) in [4.78, 5) is 12.4. The van der Waals surface area contributed by atoms with Gasteiger partial charge in [-0.3, -0.25) is 4.79 Å². The third-order valence-corrected chi connectivity index (χ3v) is 4.45. The van der Waals surface area contributed by atoms with Crippen LogP contribution < -0.4 is 10.1 Å². The molecular formula is C17H21N5O2. The summed E-state index contributed by atoms with van der Waals surface area (Å²) >= 11 is 0. The summed E-state index contributed by atoms with van der Waals surface area (Å²) in [5, 5.41) is 14.8. The number of carbonyl (C=O) groups is 1. The molecule has 1 heterocycles. The minimum Gasteiger partial charge on any atom is -0.493 e. The number of nitrogens with one attached hydrogen (secondary N) is 1. The van der Waals surface area contributed by atoms with Gasteiger partial charge in [0.2, 0.25) is 0 Å². The van der Waals surface area contributed by atoms with Gasteiger partial charge in [0.05, 0.1) is 18.7 Å². The Balaban J connectivity index is 1.36. The second kappa shape index (κ2) is 6.22. The van der Waals surface area contributed by atoms with Crippen LogP contribution in [0.5, 0.6) is 5.75 Å². The van der Waals surface area contributed by atoms with E-state index in [2.05, 4.69) is 20.8 Å². The minimum absolute atomic E-state index is 0.137. The third kappa shape index (κ3) is 3.39. The van der Waals surface area contributed by atoms with Gasteiger partial charge in [0.25, 0.3) is 5.91 Å². The van der Waals surface area contributed by atoms with E-state index in [1.54, 1.807) is 12.1 Å². The first kappa shape index (κ1) is 15.1. The minimum atomic E-state index is -0.237. The van der Waals surface area contributed by atoms with Crippen LogP contribution in [0.1, 0.15) is 60.9 Å².